The van der Waals surface area contributed by atoms with Gasteiger partial charge in [-0.05, 0) is 38.1 Å². The van der Waals surface area contributed by atoms with Crippen molar-refractivity contribution in [3.8, 4) is 0 Å². The molecule has 1 saturated heterocycles. The van der Waals surface area contributed by atoms with Gasteiger partial charge >= 0.3 is 0 Å². The molecule has 1 fully saturated rings. The molecule has 1 aromatic rings. The highest BCUT2D eigenvalue weighted by atomic mass is 16.2. The summed E-state index contributed by atoms with van der Waals surface area (Å²) >= 11 is 0. The van der Waals surface area contributed by atoms with Crippen molar-refractivity contribution in [2.75, 3.05) is 18.5 Å². The topological polar surface area (TPSA) is 61.4 Å². The number of nitrogens with one attached hydrogen (secondary N) is 2. The molecule has 1 aliphatic heterocycles. The number of aryl methyl sites for hydroxylation is 1. The maximum absolute atomic E-state index is 11.7. The number of piperazine rings is 1. The quantitative estimate of drug-likeness (QED) is 0.781. The van der Waals surface area contributed by atoms with Crippen LogP contribution in [0.2, 0.25) is 0 Å². The van der Waals surface area contributed by atoms with E-state index in [1.54, 1.807) is 0 Å². The first kappa shape index (κ1) is 13.5. The minimum Gasteiger partial charge on any atom is -0.350 e. The van der Waals surface area contributed by atoms with Gasteiger partial charge in [0.05, 0.1) is 6.54 Å². The number of hydrogen-bond donors (Lipinski definition) is 2. The molecule has 1 atom stereocenters. The second-order valence-corrected chi connectivity index (χ2v) is 4.87. The van der Waals surface area contributed by atoms with E-state index in [-0.39, 0.29) is 24.4 Å². The summed E-state index contributed by atoms with van der Waals surface area (Å²) in [5.74, 6) is -0.489. The first-order valence-electron chi connectivity index (χ1n) is 6.37. The smallest absolute Gasteiger partial charge is 0.249 e. The molecule has 0 aliphatic carbocycles. The molecule has 1 aromatic carbocycles. The fourth-order valence-corrected chi connectivity index (χ4v) is 2.36. The summed E-state index contributed by atoms with van der Waals surface area (Å²) in [5, 5.41) is 5.45. The maximum atomic E-state index is 11.7. The number of anilines is 1. The average molecular weight is 261 g/mol. The predicted octanol–water partition coefficient (Wildman–Crippen LogP) is 0.566. The van der Waals surface area contributed by atoms with Crippen LogP contribution in [-0.4, -0.2) is 31.4 Å². The number of rotatable bonds is 3. The zero-order chi connectivity index (χ0) is 14.0. The molecular formula is C14H19N3O2. The van der Waals surface area contributed by atoms with Crippen LogP contribution in [0.25, 0.3) is 0 Å². The molecule has 19 heavy (non-hydrogen) atoms. The Morgan fingerprint density at radius 1 is 1.42 bits per heavy atom. The lowest BCUT2D eigenvalue weighted by Gasteiger charge is -2.34. The number of carbonyl (C=O) groups is 2. The second kappa shape index (κ2) is 5.40. The summed E-state index contributed by atoms with van der Waals surface area (Å²) in [7, 11) is 1.90. The molecule has 0 saturated carbocycles. The van der Waals surface area contributed by atoms with E-state index in [0.717, 1.165) is 17.8 Å². The van der Waals surface area contributed by atoms with Gasteiger partial charge in [-0.1, -0.05) is 12.1 Å². The number of hydrogen-bond acceptors (Lipinski definition) is 4. The van der Waals surface area contributed by atoms with Gasteiger partial charge in [-0.25, -0.2) is 0 Å². The lowest BCUT2D eigenvalue weighted by Crippen LogP contribution is -2.57. The highest BCUT2D eigenvalue weighted by Crippen LogP contribution is 2.24. The maximum Gasteiger partial charge on any atom is 0.249 e. The molecule has 1 aliphatic rings. The summed E-state index contributed by atoms with van der Waals surface area (Å²) in [6.07, 6.45) is 0. The van der Waals surface area contributed by atoms with Crippen LogP contribution in [0.4, 0.5) is 5.69 Å². The van der Waals surface area contributed by atoms with Crippen molar-refractivity contribution in [2.24, 2.45) is 0 Å². The zero-order valence-electron chi connectivity index (χ0n) is 11.5. The average Bonchev–Trinajstić information content (AvgIpc) is 2.35. The summed E-state index contributed by atoms with van der Waals surface area (Å²) in [4.78, 5) is 25.0. The Hall–Kier alpha value is -1.88. The molecule has 2 amide bonds. The van der Waals surface area contributed by atoms with Gasteiger partial charge in [-0.15, -0.1) is 0 Å². The van der Waals surface area contributed by atoms with Crippen molar-refractivity contribution in [2.45, 2.75) is 26.4 Å². The van der Waals surface area contributed by atoms with E-state index >= 15 is 0 Å². The van der Waals surface area contributed by atoms with E-state index < -0.39 is 0 Å². The van der Waals surface area contributed by atoms with Gasteiger partial charge in [-0.3, -0.25) is 14.9 Å². The number of benzene rings is 1. The van der Waals surface area contributed by atoms with Gasteiger partial charge in [0.1, 0.15) is 6.04 Å². The third-order valence-corrected chi connectivity index (χ3v) is 3.38. The van der Waals surface area contributed by atoms with Crippen LogP contribution in [0.3, 0.4) is 0 Å². The first-order valence-corrected chi connectivity index (χ1v) is 6.37. The van der Waals surface area contributed by atoms with Gasteiger partial charge in [-0.2, -0.15) is 0 Å². The summed E-state index contributed by atoms with van der Waals surface area (Å²) in [5.41, 5.74) is 3.20. The highest BCUT2D eigenvalue weighted by Gasteiger charge is 2.30. The normalized spacial score (nSPS) is 19.5. The van der Waals surface area contributed by atoms with Crippen LogP contribution in [0.15, 0.2) is 18.2 Å². The van der Waals surface area contributed by atoms with Crippen LogP contribution in [0.5, 0.6) is 0 Å². The van der Waals surface area contributed by atoms with E-state index in [0.29, 0.717) is 0 Å². The lowest BCUT2D eigenvalue weighted by molar-refractivity contribution is -0.132. The standard InChI is InChI=1S/C14H19N3O2/c1-9-6-11(7-15-3)4-5-12(9)17-8-13(18)16-14(19)10(17)2/h4-6,10,15H,7-8H2,1-3H3,(H,16,18,19). The van der Waals surface area contributed by atoms with Crippen molar-refractivity contribution < 1.29 is 9.59 Å². The van der Waals surface area contributed by atoms with Crippen molar-refractivity contribution in [1.29, 1.82) is 0 Å². The Morgan fingerprint density at radius 3 is 2.79 bits per heavy atom. The molecule has 0 bridgehead atoms. The van der Waals surface area contributed by atoms with Crippen molar-refractivity contribution >= 4 is 17.5 Å². The molecule has 0 aromatic heterocycles. The molecule has 1 unspecified atom stereocenters. The summed E-state index contributed by atoms with van der Waals surface area (Å²) in [6.45, 7) is 4.83. The van der Waals surface area contributed by atoms with E-state index in [2.05, 4.69) is 16.7 Å². The van der Waals surface area contributed by atoms with Crippen LogP contribution >= 0.6 is 0 Å². The van der Waals surface area contributed by atoms with E-state index in [1.807, 2.05) is 37.9 Å². The summed E-state index contributed by atoms with van der Waals surface area (Å²) < 4.78 is 0. The molecular weight excluding hydrogens is 242 g/mol. The lowest BCUT2D eigenvalue weighted by atomic mass is 10.1. The second-order valence-electron chi connectivity index (χ2n) is 4.87. The Bertz CT molecular complexity index is 513. The van der Waals surface area contributed by atoms with Gasteiger partial charge < -0.3 is 10.2 Å². The Morgan fingerprint density at radius 2 is 2.16 bits per heavy atom. The molecule has 1 heterocycles. The van der Waals surface area contributed by atoms with Crippen molar-refractivity contribution in [3.63, 3.8) is 0 Å². The van der Waals surface area contributed by atoms with Crippen LogP contribution in [0, 0.1) is 6.92 Å². The number of amides is 2. The van der Waals surface area contributed by atoms with Crippen LogP contribution in [0.1, 0.15) is 18.1 Å². The van der Waals surface area contributed by atoms with E-state index in [9.17, 15) is 9.59 Å². The minimum absolute atomic E-state index is 0.221. The third-order valence-electron chi connectivity index (χ3n) is 3.38. The fourth-order valence-electron chi connectivity index (χ4n) is 2.36. The molecule has 5 heteroatoms. The Balaban J connectivity index is 2.30. The Kier molecular flexibility index (Phi) is 3.85. The van der Waals surface area contributed by atoms with Gasteiger partial charge in [0, 0.05) is 12.2 Å². The van der Waals surface area contributed by atoms with Crippen molar-refractivity contribution in [3.05, 3.63) is 29.3 Å². The van der Waals surface area contributed by atoms with Gasteiger partial charge in [0.2, 0.25) is 11.8 Å². The molecule has 0 radical (unpaired) electrons. The predicted molar refractivity (Wildman–Crippen MR) is 73.9 cm³/mol. The number of imide groups is 1. The largest absolute Gasteiger partial charge is 0.350 e. The molecule has 0 spiro atoms. The van der Waals surface area contributed by atoms with Gasteiger partial charge in [0.25, 0.3) is 0 Å². The van der Waals surface area contributed by atoms with Crippen molar-refractivity contribution in [1.82, 2.24) is 10.6 Å². The molecule has 102 valence electrons. The molecule has 2 N–H and O–H groups in total. The van der Waals surface area contributed by atoms with E-state index in [4.69, 9.17) is 0 Å². The zero-order valence-corrected chi connectivity index (χ0v) is 11.5. The first-order chi connectivity index (χ1) is 9.02. The number of carbonyl (C=O) groups excluding carboxylic acids is 2. The molecule has 2 rings (SSSR count). The fraction of sp³-hybridized carbons (Fsp3) is 0.429. The van der Waals surface area contributed by atoms with Crippen LogP contribution in [-0.2, 0) is 16.1 Å². The monoisotopic (exact) mass is 261 g/mol. The third kappa shape index (κ3) is 2.76. The van der Waals surface area contributed by atoms with Crippen LogP contribution < -0.4 is 15.5 Å². The van der Waals surface area contributed by atoms with E-state index in [1.165, 1.54) is 5.56 Å². The van der Waals surface area contributed by atoms with Gasteiger partial charge in [0.15, 0.2) is 0 Å². The SMILES string of the molecule is CNCc1ccc(N2CC(=O)NC(=O)C2C)c(C)c1. The Labute approximate surface area is 113 Å². The summed E-state index contributed by atoms with van der Waals surface area (Å²) in [6, 6.07) is 5.74. The number of nitrogens with zero attached hydrogens (tertiary/aromatic N) is 1. The molecule has 5 nitrogen and oxygen atoms in total. The highest BCUT2D eigenvalue weighted by molar-refractivity contribution is 6.04. The minimum atomic E-state index is -0.327.